The van der Waals surface area contributed by atoms with Gasteiger partial charge in [0.2, 0.25) is 0 Å². The molecular weight excluding hydrogens is 278 g/mol. The van der Waals surface area contributed by atoms with Crippen molar-refractivity contribution in [3.05, 3.63) is 57.2 Å². The fourth-order valence-electron chi connectivity index (χ4n) is 2.06. The number of halogens is 1. The summed E-state index contributed by atoms with van der Waals surface area (Å²) >= 11 is 7.62. The Labute approximate surface area is 123 Å². The second-order valence-corrected chi connectivity index (χ2v) is 5.71. The van der Waals surface area contributed by atoms with Gasteiger partial charge in [-0.25, -0.2) is 0 Å². The van der Waals surface area contributed by atoms with Crippen molar-refractivity contribution in [3.63, 3.8) is 0 Å². The van der Waals surface area contributed by atoms with Crippen LogP contribution in [0.25, 0.3) is 0 Å². The zero-order valence-corrected chi connectivity index (χ0v) is 12.4. The van der Waals surface area contributed by atoms with E-state index in [2.05, 4.69) is 18.3 Å². The van der Waals surface area contributed by atoms with E-state index in [9.17, 15) is 5.11 Å². The molecule has 0 bridgehead atoms. The van der Waals surface area contributed by atoms with Crippen molar-refractivity contribution < 1.29 is 5.11 Å². The van der Waals surface area contributed by atoms with Crippen LogP contribution >= 0.6 is 22.9 Å². The highest BCUT2D eigenvalue weighted by Crippen LogP contribution is 2.22. The third kappa shape index (κ3) is 4.05. The number of rotatable bonds is 6. The smallest absolute Gasteiger partial charge is 0.0922 e. The molecule has 0 radical (unpaired) electrons. The first-order valence-corrected chi connectivity index (χ1v) is 7.71. The summed E-state index contributed by atoms with van der Waals surface area (Å²) in [6.07, 6.45) is 0.496. The molecule has 102 valence electrons. The monoisotopic (exact) mass is 295 g/mol. The predicted octanol–water partition coefficient (Wildman–Crippen LogP) is 4.18. The van der Waals surface area contributed by atoms with Crippen molar-refractivity contribution in [2.75, 3.05) is 6.54 Å². The fourth-order valence-corrected chi connectivity index (χ4v) is 2.96. The van der Waals surface area contributed by atoms with Gasteiger partial charge in [-0.15, -0.1) is 0 Å². The van der Waals surface area contributed by atoms with Crippen LogP contribution in [0.15, 0.2) is 41.1 Å². The SMILES string of the molecule is CCC(NCC(O)c1ccsc1)c1cccc(Cl)c1. The predicted molar refractivity (Wildman–Crippen MR) is 81.8 cm³/mol. The molecule has 2 aromatic rings. The summed E-state index contributed by atoms with van der Waals surface area (Å²) in [5.74, 6) is 0. The lowest BCUT2D eigenvalue weighted by Crippen LogP contribution is -2.26. The Morgan fingerprint density at radius 1 is 1.32 bits per heavy atom. The highest BCUT2D eigenvalue weighted by Gasteiger charge is 2.13. The van der Waals surface area contributed by atoms with E-state index >= 15 is 0 Å². The van der Waals surface area contributed by atoms with Gasteiger partial charge in [-0.05, 0) is 46.5 Å². The van der Waals surface area contributed by atoms with E-state index in [-0.39, 0.29) is 6.04 Å². The lowest BCUT2D eigenvalue weighted by molar-refractivity contribution is 0.170. The van der Waals surface area contributed by atoms with Gasteiger partial charge >= 0.3 is 0 Å². The quantitative estimate of drug-likeness (QED) is 0.838. The van der Waals surface area contributed by atoms with Crippen LogP contribution in [0.4, 0.5) is 0 Å². The fraction of sp³-hybridized carbons (Fsp3) is 0.333. The average Bonchev–Trinajstić information content (AvgIpc) is 2.93. The molecule has 0 amide bonds. The molecule has 0 fully saturated rings. The molecular formula is C15H18ClNOS. The van der Waals surface area contributed by atoms with Gasteiger partial charge < -0.3 is 10.4 Å². The van der Waals surface area contributed by atoms with Crippen molar-refractivity contribution in [2.24, 2.45) is 0 Å². The molecule has 1 heterocycles. The zero-order valence-electron chi connectivity index (χ0n) is 10.8. The zero-order chi connectivity index (χ0) is 13.7. The molecule has 1 aromatic carbocycles. The molecule has 0 aliphatic heterocycles. The lowest BCUT2D eigenvalue weighted by Gasteiger charge is -2.20. The molecule has 19 heavy (non-hydrogen) atoms. The molecule has 2 nitrogen and oxygen atoms in total. The van der Waals surface area contributed by atoms with Gasteiger partial charge in [0.1, 0.15) is 0 Å². The van der Waals surface area contributed by atoms with Gasteiger partial charge in [0.15, 0.2) is 0 Å². The van der Waals surface area contributed by atoms with Crippen molar-refractivity contribution in [2.45, 2.75) is 25.5 Å². The maximum absolute atomic E-state index is 10.1. The minimum atomic E-state index is -0.459. The van der Waals surface area contributed by atoms with Crippen LogP contribution in [0.3, 0.4) is 0 Å². The topological polar surface area (TPSA) is 32.3 Å². The molecule has 2 N–H and O–H groups in total. The summed E-state index contributed by atoms with van der Waals surface area (Å²) in [4.78, 5) is 0. The lowest BCUT2D eigenvalue weighted by atomic mass is 10.0. The Morgan fingerprint density at radius 3 is 2.79 bits per heavy atom. The van der Waals surface area contributed by atoms with E-state index in [4.69, 9.17) is 11.6 Å². The number of nitrogens with one attached hydrogen (secondary N) is 1. The van der Waals surface area contributed by atoms with Crippen LogP contribution < -0.4 is 5.32 Å². The first kappa shape index (κ1) is 14.5. The molecule has 0 aliphatic rings. The van der Waals surface area contributed by atoms with E-state index in [1.807, 2.05) is 35.0 Å². The molecule has 2 rings (SSSR count). The molecule has 1 aromatic heterocycles. The number of aliphatic hydroxyl groups excluding tert-OH is 1. The minimum Gasteiger partial charge on any atom is -0.387 e. The Kier molecular flexibility index (Phi) is 5.40. The summed E-state index contributed by atoms with van der Waals surface area (Å²) in [6.45, 7) is 2.66. The first-order chi connectivity index (χ1) is 9.20. The van der Waals surface area contributed by atoms with E-state index < -0.39 is 6.10 Å². The summed E-state index contributed by atoms with van der Waals surface area (Å²) in [5.41, 5.74) is 2.13. The standard InChI is InChI=1S/C15H18ClNOS/c1-2-14(11-4-3-5-13(16)8-11)17-9-15(18)12-6-7-19-10-12/h3-8,10,14-15,17-18H,2,9H2,1H3. The molecule has 2 atom stereocenters. The first-order valence-electron chi connectivity index (χ1n) is 6.39. The van der Waals surface area contributed by atoms with Crippen LogP contribution in [0.1, 0.15) is 36.6 Å². The maximum atomic E-state index is 10.1. The molecule has 0 spiro atoms. The van der Waals surface area contributed by atoms with Crippen LogP contribution in [-0.2, 0) is 0 Å². The maximum Gasteiger partial charge on any atom is 0.0922 e. The summed E-state index contributed by atoms with van der Waals surface area (Å²) in [5, 5.41) is 18.2. The van der Waals surface area contributed by atoms with Gasteiger partial charge in [-0.1, -0.05) is 30.7 Å². The number of thiophene rings is 1. The van der Waals surface area contributed by atoms with Gasteiger partial charge in [0, 0.05) is 17.6 Å². The van der Waals surface area contributed by atoms with Crippen molar-refractivity contribution in [3.8, 4) is 0 Å². The average molecular weight is 296 g/mol. The van der Waals surface area contributed by atoms with Crippen molar-refractivity contribution in [1.29, 1.82) is 0 Å². The summed E-state index contributed by atoms with van der Waals surface area (Å²) < 4.78 is 0. The van der Waals surface area contributed by atoms with E-state index in [1.165, 1.54) is 0 Å². The van der Waals surface area contributed by atoms with Gasteiger partial charge in [0.25, 0.3) is 0 Å². The Bertz CT molecular complexity index is 501. The number of hydrogen-bond donors (Lipinski definition) is 2. The van der Waals surface area contributed by atoms with Crippen LogP contribution in [0.2, 0.25) is 5.02 Å². The Hall–Kier alpha value is -0.870. The van der Waals surface area contributed by atoms with E-state index in [0.717, 1.165) is 22.6 Å². The third-order valence-corrected chi connectivity index (χ3v) is 4.08. The normalized spacial score (nSPS) is 14.3. The Morgan fingerprint density at radius 2 is 2.16 bits per heavy atom. The number of hydrogen-bond acceptors (Lipinski definition) is 3. The number of benzene rings is 1. The van der Waals surface area contributed by atoms with Crippen molar-refractivity contribution >= 4 is 22.9 Å². The van der Waals surface area contributed by atoms with E-state index in [0.29, 0.717) is 6.54 Å². The van der Waals surface area contributed by atoms with Crippen LogP contribution in [0, 0.1) is 0 Å². The summed E-state index contributed by atoms with van der Waals surface area (Å²) in [7, 11) is 0. The highest BCUT2D eigenvalue weighted by atomic mass is 35.5. The molecule has 0 saturated carbocycles. The summed E-state index contributed by atoms with van der Waals surface area (Å²) in [6, 6.07) is 10.0. The van der Waals surface area contributed by atoms with E-state index in [1.54, 1.807) is 11.3 Å². The second kappa shape index (κ2) is 7.06. The van der Waals surface area contributed by atoms with Gasteiger partial charge in [-0.3, -0.25) is 0 Å². The number of aliphatic hydroxyl groups is 1. The largest absolute Gasteiger partial charge is 0.387 e. The highest BCUT2D eigenvalue weighted by molar-refractivity contribution is 7.07. The minimum absolute atomic E-state index is 0.215. The van der Waals surface area contributed by atoms with Gasteiger partial charge in [-0.2, -0.15) is 11.3 Å². The van der Waals surface area contributed by atoms with Crippen molar-refractivity contribution in [1.82, 2.24) is 5.32 Å². The molecule has 0 aliphatic carbocycles. The van der Waals surface area contributed by atoms with Crippen LogP contribution in [0.5, 0.6) is 0 Å². The third-order valence-electron chi connectivity index (χ3n) is 3.14. The molecule has 4 heteroatoms. The second-order valence-electron chi connectivity index (χ2n) is 4.50. The molecule has 0 saturated heterocycles. The van der Waals surface area contributed by atoms with Crippen LogP contribution in [-0.4, -0.2) is 11.7 Å². The van der Waals surface area contributed by atoms with Gasteiger partial charge in [0.05, 0.1) is 6.10 Å². The molecule has 2 unspecified atom stereocenters. The Balaban J connectivity index is 1.96.